The molecule has 0 aliphatic rings. The largest absolute Gasteiger partial charge is 0.480 e. The van der Waals surface area contributed by atoms with Gasteiger partial charge in [0.1, 0.15) is 11.4 Å². The van der Waals surface area contributed by atoms with Gasteiger partial charge in [-0.1, -0.05) is 23.7 Å². The lowest BCUT2D eigenvalue weighted by Crippen LogP contribution is -2.48. The Morgan fingerprint density at radius 3 is 2.26 bits per heavy atom. The van der Waals surface area contributed by atoms with E-state index in [9.17, 15) is 13.2 Å². The van der Waals surface area contributed by atoms with Crippen molar-refractivity contribution in [2.24, 2.45) is 0 Å². The monoisotopic (exact) mass is 305 g/mol. The fraction of sp³-hybridized carbons (Fsp3) is 0.417. The van der Waals surface area contributed by atoms with E-state index in [0.29, 0.717) is 0 Å². The van der Waals surface area contributed by atoms with Crippen molar-refractivity contribution >= 4 is 27.6 Å². The Morgan fingerprint density at radius 1 is 1.32 bits per heavy atom. The van der Waals surface area contributed by atoms with E-state index in [0.717, 1.165) is 4.31 Å². The van der Waals surface area contributed by atoms with Gasteiger partial charge < -0.3 is 5.11 Å². The Labute approximate surface area is 117 Å². The molecular formula is C12H16ClNO4S. The molecule has 0 spiro atoms. The van der Waals surface area contributed by atoms with E-state index in [1.165, 1.54) is 12.1 Å². The first-order valence-corrected chi connectivity index (χ1v) is 7.38. The first-order chi connectivity index (χ1) is 8.56. The first-order valence-electron chi connectivity index (χ1n) is 5.56. The summed E-state index contributed by atoms with van der Waals surface area (Å²) < 4.78 is 25.9. The van der Waals surface area contributed by atoms with E-state index in [4.69, 9.17) is 16.7 Å². The van der Waals surface area contributed by atoms with Crippen molar-refractivity contribution < 1.29 is 18.3 Å². The van der Waals surface area contributed by atoms with Crippen LogP contribution >= 0.6 is 11.6 Å². The summed E-state index contributed by atoms with van der Waals surface area (Å²) in [5.41, 5.74) is -0.865. The minimum atomic E-state index is -3.96. The van der Waals surface area contributed by atoms with Gasteiger partial charge in [0.2, 0.25) is 10.0 Å². The normalized spacial score (nSPS) is 12.7. The summed E-state index contributed by atoms with van der Waals surface area (Å²) in [5, 5.41) is 8.96. The molecule has 1 N–H and O–H groups in total. The Kier molecular flexibility index (Phi) is 4.60. The third-order valence-corrected chi connectivity index (χ3v) is 5.04. The second-order valence-electron chi connectivity index (χ2n) is 5.01. The van der Waals surface area contributed by atoms with Crippen molar-refractivity contribution in [3.05, 3.63) is 29.3 Å². The smallest absolute Gasteiger partial charge is 0.318 e. The maximum absolute atomic E-state index is 12.5. The highest BCUT2D eigenvalue weighted by Gasteiger charge is 2.36. The van der Waals surface area contributed by atoms with Crippen LogP contribution in [0.5, 0.6) is 0 Å². The molecule has 0 aromatic heterocycles. The number of carboxylic acid groups (broad SMARTS) is 1. The van der Waals surface area contributed by atoms with Gasteiger partial charge in [-0.15, -0.1) is 0 Å². The summed E-state index contributed by atoms with van der Waals surface area (Å²) in [6.45, 7) is 4.27. The topological polar surface area (TPSA) is 74.7 Å². The average molecular weight is 306 g/mol. The molecule has 0 amide bonds. The zero-order valence-corrected chi connectivity index (χ0v) is 12.5. The number of hydrogen-bond acceptors (Lipinski definition) is 3. The molecule has 7 heteroatoms. The van der Waals surface area contributed by atoms with Crippen LogP contribution in [-0.4, -0.2) is 35.9 Å². The summed E-state index contributed by atoms with van der Waals surface area (Å²) in [6, 6.07) is 5.97. The molecule has 0 heterocycles. The Morgan fingerprint density at radius 2 is 1.84 bits per heavy atom. The van der Waals surface area contributed by atoms with Crippen LogP contribution < -0.4 is 0 Å². The van der Waals surface area contributed by atoms with E-state index in [-0.39, 0.29) is 9.92 Å². The van der Waals surface area contributed by atoms with Crippen molar-refractivity contribution in [3.8, 4) is 0 Å². The number of hydrogen-bond donors (Lipinski definition) is 1. The molecule has 0 aliphatic carbocycles. The highest BCUT2D eigenvalue weighted by atomic mass is 35.5. The van der Waals surface area contributed by atoms with Crippen LogP contribution in [0.3, 0.4) is 0 Å². The third kappa shape index (κ3) is 3.68. The van der Waals surface area contributed by atoms with Gasteiger partial charge in [-0.3, -0.25) is 4.79 Å². The van der Waals surface area contributed by atoms with E-state index >= 15 is 0 Å². The Bertz CT molecular complexity index is 578. The van der Waals surface area contributed by atoms with Gasteiger partial charge in [-0.05, 0) is 32.9 Å². The Balaban J connectivity index is 3.37. The number of nitrogens with zero attached hydrogens (tertiary/aromatic N) is 1. The molecule has 1 aromatic rings. The summed E-state index contributed by atoms with van der Waals surface area (Å²) in [5.74, 6) is -1.22. The summed E-state index contributed by atoms with van der Waals surface area (Å²) in [6.07, 6.45) is 0. The highest BCUT2D eigenvalue weighted by molar-refractivity contribution is 7.89. The summed E-state index contributed by atoms with van der Waals surface area (Å²) in [7, 11) is -3.96. The predicted molar refractivity (Wildman–Crippen MR) is 72.7 cm³/mol. The second-order valence-corrected chi connectivity index (χ2v) is 7.24. The van der Waals surface area contributed by atoms with Crippen LogP contribution in [0.2, 0.25) is 5.02 Å². The molecule has 0 fully saturated rings. The van der Waals surface area contributed by atoms with E-state index in [2.05, 4.69) is 0 Å². The molecule has 19 heavy (non-hydrogen) atoms. The third-order valence-electron chi connectivity index (χ3n) is 2.43. The van der Waals surface area contributed by atoms with Crippen molar-refractivity contribution in [3.63, 3.8) is 0 Å². The number of rotatable bonds is 4. The average Bonchev–Trinajstić information content (AvgIpc) is 2.24. The predicted octanol–water partition coefficient (Wildman–Crippen LogP) is 2.21. The molecule has 1 rings (SSSR count). The lowest BCUT2D eigenvalue weighted by molar-refractivity contribution is -0.138. The van der Waals surface area contributed by atoms with Gasteiger partial charge in [0, 0.05) is 5.54 Å². The van der Waals surface area contributed by atoms with E-state index < -0.39 is 28.1 Å². The van der Waals surface area contributed by atoms with Crippen molar-refractivity contribution in [1.82, 2.24) is 4.31 Å². The van der Waals surface area contributed by atoms with E-state index in [1.54, 1.807) is 32.9 Å². The zero-order chi connectivity index (χ0) is 14.8. The molecule has 0 saturated carbocycles. The molecule has 0 radical (unpaired) electrons. The van der Waals surface area contributed by atoms with Crippen LogP contribution in [-0.2, 0) is 14.8 Å². The van der Waals surface area contributed by atoms with Crippen LogP contribution in [0.4, 0.5) is 0 Å². The Hall–Kier alpha value is -1.11. The fourth-order valence-corrected chi connectivity index (χ4v) is 3.81. The van der Waals surface area contributed by atoms with Crippen LogP contribution in [0.15, 0.2) is 29.2 Å². The molecule has 0 atom stereocenters. The van der Waals surface area contributed by atoms with E-state index in [1.807, 2.05) is 0 Å². The van der Waals surface area contributed by atoms with Gasteiger partial charge in [-0.25, -0.2) is 8.42 Å². The molecule has 0 unspecified atom stereocenters. The molecule has 0 bridgehead atoms. The van der Waals surface area contributed by atoms with Gasteiger partial charge in [-0.2, -0.15) is 4.31 Å². The maximum Gasteiger partial charge on any atom is 0.318 e. The van der Waals surface area contributed by atoms with Gasteiger partial charge in [0.15, 0.2) is 0 Å². The standard InChI is InChI=1S/C12H16ClNO4S/c1-12(2,3)14(8-11(15)16)19(17,18)10-7-5-4-6-9(10)13/h4-7H,8H2,1-3H3,(H,15,16). The quantitative estimate of drug-likeness (QED) is 0.925. The van der Waals surface area contributed by atoms with Crippen LogP contribution in [0, 0.1) is 0 Å². The number of aliphatic carboxylic acids is 1. The van der Waals surface area contributed by atoms with Crippen molar-refractivity contribution in [1.29, 1.82) is 0 Å². The molecule has 1 aromatic carbocycles. The first kappa shape index (κ1) is 15.9. The second kappa shape index (κ2) is 5.48. The van der Waals surface area contributed by atoms with Crippen LogP contribution in [0.25, 0.3) is 0 Å². The van der Waals surface area contributed by atoms with Crippen LogP contribution in [0.1, 0.15) is 20.8 Å². The lowest BCUT2D eigenvalue weighted by Gasteiger charge is -2.33. The van der Waals surface area contributed by atoms with Gasteiger partial charge >= 0.3 is 5.97 Å². The molecule has 0 aliphatic heterocycles. The fourth-order valence-electron chi connectivity index (χ4n) is 1.58. The summed E-state index contributed by atoms with van der Waals surface area (Å²) in [4.78, 5) is 10.8. The number of benzene rings is 1. The molecule has 106 valence electrons. The lowest BCUT2D eigenvalue weighted by atomic mass is 10.1. The summed E-state index contributed by atoms with van der Waals surface area (Å²) >= 11 is 5.89. The SMILES string of the molecule is CC(C)(C)N(CC(=O)O)S(=O)(=O)c1ccccc1Cl. The maximum atomic E-state index is 12.5. The highest BCUT2D eigenvalue weighted by Crippen LogP contribution is 2.28. The minimum absolute atomic E-state index is 0.0714. The van der Waals surface area contributed by atoms with Crippen molar-refractivity contribution in [2.45, 2.75) is 31.2 Å². The molecule has 0 saturated heterocycles. The van der Waals surface area contributed by atoms with Gasteiger partial charge in [0.05, 0.1) is 5.02 Å². The number of carbonyl (C=O) groups is 1. The van der Waals surface area contributed by atoms with Gasteiger partial charge in [0.25, 0.3) is 0 Å². The number of halogens is 1. The number of sulfonamides is 1. The molecular weight excluding hydrogens is 290 g/mol. The van der Waals surface area contributed by atoms with Crippen molar-refractivity contribution in [2.75, 3.05) is 6.54 Å². The number of carboxylic acids is 1. The minimum Gasteiger partial charge on any atom is -0.480 e. The zero-order valence-electron chi connectivity index (χ0n) is 10.9. The molecule has 5 nitrogen and oxygen atoms in total.